The highest BCUT2D eigenvalue weighted by molar-refractivity contribution is 5.80. The molecule has 1 unspecified atom stereocenters. The summed E-state index contributed by atoms with van der Waals surface area (Å²) in [5.74, 6) is -1.11. The van der Waals surface area contributed by atoms with Crippen LogP contribution in [0, 0.1) is 5.82 Å². The first kappa shape index (κ1) is 22.5. The molecule has 3 heterocycles. The van der Waals surface area contributed by atoms with Gasteiger partial charge in [0.25, 0.3) is 5.56 Å². The van der Waals surface area contributed by atoms with E-state index in [9.17, 15) is 19.1 Å². The quantitative estimate of drug-likeness (QED) is 0.427. The first-order chi connectivity index (χ1) is 16.9. The number of anilines is 1. The smallest absolute Gasteiger partial charge is 0.328 e. The number of hydrogen-bond donors (Lipinski definition) is 2. The van der Waals surface area contributed by atoms with Crippen LogP contribution < -0.4 is 10.9 Å². The minimum Gasteiger partial charge on any atom is -0.480 e. The maximum Gasteiger partial charge on any atom is 0.328 e. The van der Waals surface area contributed by atoms with E-state index in [1.807, 2.05) is 37.3 Å². The highest BCUT2D eigenvalue weighted by Gasteiger charge is 2.33. The van der Waals surface area contributed by atoms with Crippen LogP contribution in [0.3, 0.4) is 0 Å². The Hall–Kier alpha value is -4.27. The van der Waals surface area contributed by atoms with Crippen molar-refractivity contribution in [1.29, 1.82) is 0 Å². The molecular formula is C26H24FN5O3. The number of fused-ring (bicyclic) bond motifs is 1. The predicted octanol–water partition coefficient (Wildman–Crippen LogP) is 4.51. The summed E-state index contributed by atoms with van der Waals surface area (Å²) in [6.45, 7) is 2.46. The van der Waals surface area contributed by atoms with Crippen molar-refractivity contribution in [1.82, 2.24) is 19.3 Å². The number of benzene rings is 2. The number of nitrogens with one attached hydrogen (secondary N) is 1. The molecule has 0 bridgehead atoms. The molecule has 9 heteroatoms. The fourth-order valence-electron chi connectivity index (χ4n) is 4.59. The van der Waals surface area contributed by atoms with Gasteiger partial charge in [-0.3, -0.25) is 9.48 Å². The average Bonchev–Trinajstić information content (AvgIpc) is 3.17. The molecule has 0 saturated carbocycles. The van der Waals surface area contributed by atoms with E-state index in [0.29, 0.717) is 47.8 Å². The lowest BCUT2D eigenvalue weighted by atomic mass is 10.0. The summed E-state index contributed by atoms with van der Waals surface area (Å²) < 4.78 is 16.6. The van der Waals surface area contributed by atoms with Gasteiger partial charge in [0.05, 0.1) is 23.0 Å². The second-order valence-corrected chi connectivity index (χ2v) is 8.54. The Kier molecular flexibility index (Phi) is 5.90. The van der Waals surface area contributed by atoms with Crippen molar-refractivity contribution < 1.29 is 14.3 Å². The first-order valence-corrected chi connectivity index (χ1v) is 11.4. The van der Waals surface area contributed by atoms with E-state index in [2.05, 4.69) is 15.3 Å². The third-order valence-corrected chi connectivity index (χ3v) is 6.28. The molecule has 2 aromatic carbocycles. The maximum absolute atomic E-state index is 13.6. The first-order valence-electron chi connectivity index (χ1n) is 11.4. The number of carboxylic acids is 1. The normalized spacial score (nSPS) is 15.9. The molecule has 1 aliphatic rings. The van der Waals surface area contributed by atoms with Crippen molar-refractivity contribution >= 4 is 11.9 Å². The standard InChI is InChI=1S/C26H24FN5O3/c1-16(17-6-3-2-4-7-17)29-26-28-14-13-20(30-26)23-22(18-9-11-19(27)12-10-18)24(33)32-21(25(34)35)8-5-15-31(23)32/h2-4,6-7,9-14,16,21H,5,8,15H2,1H3,(H,34,35)(H,28,29,30)/t16-,21?/m0/s1. The molecule has 2 atom stereocenters. The van der Waals surface area contributed by atoms with Gasteiger partial charge in [0.1, 0.15) is 5.82 Å². The largest absolute Gasteiger partial charge is 0.480 e. The van der Waals surface area contributed by atoms with Crippen LogP contribution in [0.15, 0.2) is 71.7 Å². The Balaban J connectivity index is 1.65. The predicted molar refractivity (Wildman–Crippen MR) is 129 cm³/mol. The summed E-state index contributed by atoms with van der Waals surface area (Å²) in [5.41, 5.74) is 2.38. The van der Waals surface area contributed by atoms with E-state index < -0.39 is 23.4 Å². The zero-order valence-corrected chi connectivity index (χ0v) is 19.1. The van der Waals surface area contributed by atoms with E-state index >= 15 is 0 Å². The van der Waals surface area contributed by atoms with Crippen LogP contribution in [0.1, 0.15) is 37.4 Å². The summed E-state index contributed by atoms with van der Waals surface area (Å²) >= 11 is 0. The Labute approximate surface area is 200 Å². The summed E-state index contributed by atoms with van der Waals surface area (Å²) in [6.07, 6.45) is 2.55. The lowest BCUT2D eigenvalue weighted by Crippen LogP contribution is -2.36. The van der Waals surface area contributed by atoms with Gasteiger partial charge in [-0.2, -0.15) is 0 Å². The van der Waals surface area contributed by atoms with Gasteiger partial charge in [-0.05, 0) is 49.1 Å². The Morgan fingerprint density at radius 1 is 1.14 bits per heavy atom. The number of carboxylic acid groups (broad SMARTS) is 1. The van der Waals surface area contributed by atoms with E-state index in [0.717, 1.165) is 5.56 Å². The highest BCUT2D eigenvalue weighted by Crippen LogP contribution is 2.34. The molecule has 0 amide bonds. The number of nitrogens with zero attached hydrogens (tertiary/aromatic N) is 4. The van der Waals surface area contributed by atoms with E-state index in [1.54, 1.807) is 16.9 Å². The van der Waals surface area contributed by atoms with Gasteiger partial charge >= 0.3 is 5.97 Å². The van der Waals surface area contributed by atoms with E-state index in [4.69, 9.17) is 0 Å². The number of hydrogen-bond acceptors (Lipinski definition) is 5. The highest BCUT2D eigenvalue weighted by atomic mass is 19.1. The molecule has 0 radical (unpaired) electrons. The van der Waals surface area contributed by atoms with Crippen LogP contribution in [-0.4, -0.2) is 30.4 Å². The minimum absolute atomic E-state index is 0.0647. The van der Waals surface area contributed by atoms with Gasteiger partial charge in [0.2, 0.25) is 5.95 Å². The van der Waals surface area contributed by atoms with Crippen LogP contribution >= 0.6 is 0 Å². The van der Waals surface area contributed by atoms with Crippen molar-refractivity contribution in [2.24, 2.45) is 0 Å². The molecule has 2 aromatic heterocycles. The molecule has 2 N–H and O–H groups in total. The Bertz CT molecular complexity index is 1430. The van der Waals surface area contributed by atoms with Gasteiger partial charge in [-0.15, -0.1) is 0 Å². The summed E-state index contributed by atoms with van der Waals surface area (Å²) in [4.78, 5) is 34.6. The number of rotatable bonds is 6. The van der Waals surface area contributed by atoms with Crippen molar-refractivity contribution in [2.75, 3.05) is 5.32 Å². The van der Waals surface area contributed by atoms with Crippen molar-refractivity contribution in [3.63, 3.8) is 0 Å². The second kappa shape index (κ2) is 9.17. The lowest BCUT2D eigenvalue weighted by Gasteiger charge is -2.25. The van der Waals surface area contributed by atoms with Gasteiger partial charge in [0.15, 0.2) is 6.04 Å². The summed E-state index contributed by atoms with van der Waals surface area (Å²) in [5, 5.41) is 13.1. The van der Waals surface area contributed by atoms with Crippen LogP contribution in [0.5, 0.6) is 0 Å². The fourth-order valence-corrected chi connectivity index (χ4v) is 4.59. The minimum atomic E-state index is -1.07. The third kappa shape index (κ3) is 4.21. The molecule has 8 nitrogen and oxygen atoms in total. The molecule has 0 saturated heterocycles. The van der Waals surface area contributed by atoms with Gasteiger partial charge in [-0.25, -0.2) is 23.8 Å². The molecule has 1 aliphatic heterocycles. The molecule has 35 heavy (non-hydrogen) atoms. The van der Waals surface area contributed by atoms with Crippen molar-refractivity contribution in [3.8, 4) is 22.5 Å². The number of carbonyl (C=O) groups is 1. The topological polar surface area (TPSA) is 102 Å². The van der Waals surface area contributed by atoms with Gasteiger partial charge < -0.3 is 10.4 Å². The fraction of sp³-hybridized carbons (Fsp3) is 0.231. The van der Waals surface area contributed by atoms with Crippen LogP contribution in [0.4, 0.5) is 10.3 Å². The Morgan fingerprint density at radius 2 is 1.89 bits per heavy atom. The molecule has 178 valence electrons. The SMILES string of the molecule is C[C@H](Nc1nccc(-c2c(-c3ccc(F)cc3)c(=O)n3n2CCCC3C(=O)O)n1)c1ccccc1. The van der Waals surface area contributed by atoms with E-state index in [1.165, 1.54) is 28.9 Å². The number of aliphatic carboxylic acids is 1. The molecule has 0 aliphatic carbocycles. The molecule has 0 spiro atoms. The van der Waals surface area contributed by atoms with Crippen LogP contribution in [-0.2, 0) is 11.3 Å². The second-order valence-electron chi connectivity index (χ2n) is 8.54. The van der Waals surface area contributed by atoms with Crippen molar-refractivity contribution in [3.05, 3.63) is 88.6 Å². The summed E-state index contributed by atoms with van der Waals surface area (Å²) in [6, 6.07) is 16.1. The molecule has 5 rings (SSSR count). The number of halogens is 1. The van der Waals surface area contributed by atoms with E-state index in [-0.39, 0.29) is 6.04 Å². The molecule has 4 aromatic rings. The Morgan fingerprint density at radius 3 is 2.60 bits per heavy atom. The van der Waals surface area contributed by atoms with Crippen LogP contribution in [0.25, 0.3) is 22.5 Å². The molecular weight excluding hydrogens is 449 g/mol. The number of aromatic nitrogens is 4. The van der Waals surface area contributed by atoms with Gasteiger partial charge in [0, 0.05) is 12.7 Å². The zero-order valence-electron chi connectivity index (χ0n) is 19.1. The van der Waals surface area contributed by atoms with Crippen molar-refractivity contribution in [2.45, 2.75) is 38.4 Å². The van der Waals surface area contributed by atoms with Gasteiger partial charge in [-0.1, -0.05) is 42.5 Å². The van der Waals surface area contributed by atoms with Crippen LogP contribution in [0.2, 0.25) is 0 Å². The molecule has 0 fully saturated rings. The monoisotopic (exact) mass is 473 g/mol. The maximum atomic E-state index is 13.6. The average molecular weight is 474 g/mol. The zero-order chi connectivity index (χ0) is 24.5. The lowest BCUT2D eigenvalue weighted by molar-refractivity contribution is -0.142. The summed E-state index contributed by atoms with van der Waals surface area (Å²) in [7, 11) is 0. The third-order valence-electron chi connectivity index (χ3n) is 6.28.